The molecule has 3 rings (SSSR count). The quantitative estimate of drug-likeness (QED) is 0.742. The van der Waals surface area contributed by atoms with Gasteiger partial charge in [0.1, 0.15) is 11.8 Å². The summed E-state index contributed by atoms with van der Waals surface area (Å²) in [4.78, 5) is 3.02. The minimum Gasteiger partial charge on any atom is -0.497 e. The average Bonchev–Trinajstić information content (AvgIpc) is 2.91. The fourth-order valence-corrected chi connectivity index (χ4v) is 2.46. The molecule has 2 aromatic carbocycles. The molecule has 1 aromatic heterocycles. The molecule has 0 unspecified atom stereocenters. The van der Waals surface area contributed by atoms with Crippen molar-refractivity contribution >= 4 is 10.9 Å². The third-order valence-corrected chi connectivity index (χ3v) is 3.62. The second kappa shape index (κ2) is 5.36. The fraction of sp³-hybridized carbons (Fsp3) is 0.118. The van der Waals surface area contributed by atoms with E-state index in [1.807, 2.05) is 6.07 Å². The number of alkyl halides is 3. The number of halogens is 3. The van der Waals surface area contributed by atoms with E-state index in [1.54, 1.807) is 24.3 Å². The summed E-state index contributed by atoms with van der Waals surface area (Å²) in [5.74, 6) is 0.655. The number of fused-ring (bicyclic) bond motifs is 1. The van der Waals surface area contributed by atoms with Gasteiger partial charge >= 0.3 is 6.18 Å². The van der Waals surface area contributed by atoms with Crippen molar-refractivity contribution < 1.29 is 17.9 Å². The van der Waals surface area contributed by atoms with E-state index in [2.05, 4.69) is 4.98 Å². The summed E-state index contributed by atoms with van der Waals surface area (Å²) in [5.41, 5.74) is 1.09. The minimum absolute atomic E-state index is 0.191. The van der Waals surface area contributed by atoms with Crippen LogP contribution in [0.5, 0.6) is 5.75 Å². The standard InChI is InChI=1S/C17H11F3N2O/c1-23-12-5-2-10(3-6-12)16-14(9-21)13-8-11(17(18,19)20)4-7-15(13)22-16/h2-8,22H,1H3. The molecule has 0 bridgehead atoms. The number of rotatable bonds is 2. The molecule has 0 aliphatic heterocycles. The van der Waals surface area contributed by atoms with Gasteiger partial charge in [0.05, 0.1) is 23.9 Å². The number of ether oxygens (including phenoxy) is 1. The second-order valence-corrected chi connectivity index (χ2v) is 4.97. The van der Waals surface area contributed by atoms with E-state index >= 15 is 0 Å². The zero-order valence-electron chi connectivity index (χ0n) is 12.0. The highest BCUT2D eigenvalue weighted by Gasteiger charge is 2.31. The predicted molar refractivity (Wildman–Crippen MR) is 80.0 cm³/mol. The average molecular weight is 316 g/mol. The summed E-state index contributed by atoms with van der Waals surface area (Å²) in [6.45, 7) is 0. The lowest BCUT2D eigenvalue weighted by Gasteiger charge is -2.05. The van der Waals surface area contributed by atoms with Gasteiger partial charge in [-0.2, -0.15) is 18.4 Å². The van der Waals surface area contributed by atoms with Crippen molar-refractivity contribution in [3.63, 3.8) is 0 Å². The summed E-state index contributed by atoms with van der Waals surface area (Å²) in [6, 6.07) is 12.3. The molecule has 23 heavy (non-hydrogen) atoms. The first-order chi connectivity index (χ1) is 10.9. The van der Waals surface area contributed by atoms with Gasteiger partial charge < -0.3 is 9.72 Å². The number of nitrogens with zero attached hydrogens (tertiary/aromatic N) is 1. The summed E-state index contributed by atoms with van der Waals surface area (Å²) in [6.07, 6.45) is -4.45. The van der Waals surface area contributed by atoms with Crippen LogP contribution in [-0.2, 0) is 6.18 Å². The number of aromatic amines is 1. The van der Waals surface area contributed by atoms with Crippen LogP contribution >= 0.6 is 0 Å². The van der Waals surface area contributed by atoms with Gasteiger partial charge in [-0.25, -0.2) is 0 Å². The Morgan fingerprint density at radius 1 is 1.09 bits per heavy atom. The van der Waals surface area contributed by atoms with E-state index < -0.39 is 11.7 Å². The zero-order valence-corrected chi connectivity index (χ0v) is 12.0. The molecule has 1 heterocycles. The first-order valence-electron chi connectivity index (χ1n) is 6.71. The topological polar surface area (TPSA) is 48.8 Å². The SMILES string of the molecule is COc1ccc(-c2[nH]c3ccc(C(F)(F)F)cc3c2C#N)cc1. The normalized spacial score (nSPS) is 11.4. The zero-order chi connectivity index (χ0) is 16.6. The number of benzene rings is 2. The Balaban J connectivity index is 2.20. The van der Waals surface area contributed by atoms with Crippen molar-refractivity contribution in [3.8, 4) is 23.1 Å². The van der Waals surface area contributed by atoms with Gasteiger partial charge in [-0.15, -0.1) is 0 Å². The molecule has 0 radical (unpaired) electrons. The van der Waals surface area contributed by atoms with Crippen LogP contribution in [-0.4, -0.2) is 12.1 Å². The molecule has 0 aliphatic carbocycles. The van der Waals surface area contributed by atoms with Gasteiger partial charge in [0, 0.05) is 10.9 Å². The molecule has 0 aliphatic rings. The summed E-state index contributed by atoms with van der Waals surface area (Å²) in [7, 11) is 1.54. The molecule has 0 spiro atoms. The number of hydrogen-bond donors (Lipinski definition) is 1. The van der Waals surface area contributed by atoms with Crippen LogP contribution in [0, 0.1) is 11.3 Å². The van der Waals surface area contributed by atoms with Crippen molar-refractivity contribution in [2.75, 3.05) is 7.11 Å². The molecule has 3 aromatic rings. The van der Waals surface area contributed by atoms with E-state index in [0.717, 1.165) is 12.1 Å². The molecule has 6 heteroatoms. The third-order valence-electron chi connectivity index (χ3n) is 3.62. The summed E-state index contributed by atoms with van der Waals surface area (Å²) in [5, 5.41) is 9.64. The molecular weight excluding hydrogens is 305 g/mol. The molecule has 0 fully saturated rings. The third kappa shape index (κ3) is 2.61. The Hall–Kier alpha value is -2.94. The first-order valence-corrected chi connectivity index (χ1v) is 6.71. The van der Waals surface area contributed by atoms with Crippen molar-refractivity contribution in [2.45, 2.75) is 6.18 Å². The Labute approximate surface area is 129 Å². The van der Waals surface area contributed by atoms with E-state index in [4.69, 9.17) is 4.74 Å². The maximum absolute atomic E-state index is 12.9. The minimum atomic E-state index is -4.45. The van der Waals surface area contributed by atoms with Crippen LogP contribution in [0.15, 0.2) is 42.5 Å². The monoisotopic (exact) mass is 316 g/mol. The Bertz CT molecular complexity index is 902. The number of methoxy groups -OCH3 is 1. The fourth-order valence-electron chi connectivity index (χ4n) is 2.46. The lowest BCUT2D eigenvalue weighted by atomic mass is 10.0. The van der Waals surface area contributed by atoms with E-state index in [1.165, 1.54) is 13.2 Å². The first kappa shape index (κ1) is 15.0. The van der Waals surface area contributed by atoms with Crippen LogP contribution in [0.3, 0.4) is 0 Å². The van der Waals surface area contributed by atoms with Crippen molar-refractivity contribution in [1.82, 2.24) is 4.98 Å². The molecular formula is C17H11F3N2O. The van der Waals surface area contributed by atoms with Crippen molar-refractivity contribution in [2.24, 2.45) is 0 Å². The smallest absolute Gasteiger partial charge is 0.416 e. The van der Waals surface area contributed by atoms with Gasteiger partial charge in [0.2, 0.25) is 0 Å². The molecule has 116 valence electrons. The van der Waals surface area contributed by atoms with Gasteiger partial charge in [-0.3, -0.25) is 0 Å². The molecule has 1 N–H and O–H groups in total. The second-order valence-electron chi connectivity index (χ2n) is 4.97. The number of nitrogens with one attached hydrogen (secondary N) is 1. The van der Waals surface area contributed by atoms with Gasteiger partial charge in [-0.05, 0) is 48.0 Å². The number of H-pyrrole nitrogens is 1. The highest BCUT2D eigenvalue weighted by Crippen LogP contribution is 2.35. The lowest BCUT2D eigenvalue weighted by Crippen LogP contribution is -2.04. The van der Waals surface area contributed by atoms with Crippen molar-refractivity contribution in [1.29, 1.82) is 5.26 Å². The van der Waals surface area contributed by atoms with Crippen LogP contribution in [0.25, 0.3) is 22.2 Å². The van der Waals surface area contributed by atoms with Gasteiger partial charge in [-0.1, -0.05) is 0 Å². The Morgan fingerprint density at radius 3 is 2.35 bits per heavy atom. The highest BCUT2D eigenvalue weighted by molar-refractivity contribution is 5.94. The van der Waals surface area contributed by atoms with Crippen LogP contribution in [0.2, 0.25) is 0 Å². The molecule has 0 atom stereocenters. The molecule has 3 nitrogen and oxygen atoms in total. The van der Waals surface area contributed by atoms with Crippen molar-refractivity contribution in [3.05, 3.63) is 53.6 Å². The highest BCUT2D eigenvalue weighted by atomic mass is 19.4. The molecule has 0 saturated carbocycles. The Kier molecular flexibility index (Phi) is 3.49. The van der Waals surface area contributed by atoms with E-state index in [9.17, 15) is 18.4 Å². The van der Waals surface area contributed by atoms with Gasteiger partial charge in [0.15, 0.2) is 0 Å². The maximum atomic E-state index is 12.9. The number of aromatic nitrogens is 1. The number of hydrogen-bond acceptors (Lipinski definition) is 2. The van der Waals surface area contributed by atoms with Crippen LogP contribution < -0.4 is 4.74 Å². The molecule has 0 saturated heterocycles. The number of nitriles is 1. The van der Waals surface area contributed by atoms with E-state index in [0.29, 0.717) is 22.5 Å². The summed E-state index contributed by atoms with van der Waals surface area (Å²) >= 11 is 0. The van der Waals surface area contributed by atoms with E-state index in [-0.39, 0.29) is 10.9 Å². The molecule has 0 amide bonds. The van der Waals surface area contributed by atoms with Crippen LogP contribution in [0.1, 0.15) is 11.1 Å². The van der Waals surface area contributed by atoms with Gasteiger partial charge in [0.25, 0.3) is 0 Å². The Morgan fingerprint density at radius 2 is 1.78 bits per heavy atom. The summed E-state index contributed by atoms with van der Waals surface area (Å²) < 4.78 is 43.6. The largest absolute Gasteiger partial charge is 0.497 e. The predicted octanol–water partition coefficient (Wildman–Crippen LogP) is 4.73. The van der Waals surface area contributed by atoms with Crippen LogP contribution in [0.4, 0.5) is 13.2 Å². The lowest BCUT2D eigenvalue weighted by molar-refractivity contribution is -0.137. The maximum Gasteiger partial charge on any atom is 0.416 e.